The lowest BCUT2D eigenvalue weighted by Crippen LogP contribution is -2.36. The first-order valence-corrected chi connectivity index (χ1v) is 7.82. The third-order valence-corrected chi connectivity index (χ3v) is 4.09. The Labute approximate surface area is 122 Å². The first-order valence-electron chi connectivity index (χ1n) is 7.82. The van der Waals surface area contributed by atoms with E-state index in [9.17, 15) is 4.79 Å². The van der Waals surface area contributed by atoms with Crippen LogP contribution in [0.1, 0.15) is 43.7 Å². The van der Waals surface area contributed by atoms with Crippen LogP contribution in [0.15, 0.2) is 18.2 Å². The normalized spacial score (nSPS) is 15.2. The second kappa shape index (κ2) is 7.32. The molecule has 0 unspecified atom stereocenters. The quantitative estimate of drug-likeness (QED) is 0.893. The summed E-state index contributed by atoms with van der Waals surface area (Å²) in [5, 5.41) is 3.45. The van der Waals surface area contributed by atoms with E-state index in [-0.39, 0.29) is 0 Å². The van der Waals surface area contributed by atoms with Crippen molar-refractivity contribution in [1.82, 2.24) is 4.90 Å². The molecule has 1 heterocycles. The van der Waals surface area contributed by atoms with Gasteiger partial charge in [-0.25, -0.2) is 0 Å². The van der Waals surface area contributed by atoms with Crippen LogP contribution in [0.3, 0.4) is 0 Å². The van der Waals surface area contributed by atoms with Gasteiger partial charge in [-0.3, -0.25) is 4.79 Å². The third kappa shape index (κ3) is 3.75. The average molecular weight is 274 g/mol. The van der Waals surface area contributed by atoms with Gasteiger partial charge < -0.3 is 10.2 Å². The molecule has 0 saturated carbocycles. The molecule has 1 aliphatic rings. The molecule has 3 heteroatoms. The number of hydrogen-bond acceptors (Lipinski definition) is 2. The first-order chi connectivity index (χ1) is 9.72. The summed E-state index contributed by atoms with van der Waals surface area (Å²) in [6, 6.07) is 6.37. The van der Waals surface area contributed by atoms with Crippen molar-refractivity contribution < 1.29 is 4.79 Å². The number of hydrogen-bond donors (Lipinski definition) is 1. The number of anilines is 1. The van der Waals surface area contributed by atoms with Crippen LogP contribution in [0.25, 0.3) is 0 Å². The van der Waals surface area contributed by atoms with Gasteiger partial charge in [0.05, 0.1) is 0 Å². The largest absolute Gasteiger partial charge is 0.384 e. The van der Waals surface area contributed by atoms with Gasteiger partial charge in [0.1, 0.15) is 0 Å². The van der Waals surface area contributed by atoms with Crippen molar-refractivity contribution in [2.45, 2.75) is 46.0 Å². The van der Waals surface area contributed by atoms with Crippen LogP contribution in [0.5, 0.6) is 0 Å². The molecular weight excluding hydrogens is 248 g/mol. The average Bonchev–Trinajstić information content (AvgIpc) is 2.49. The Morgan fingerprint density at radius 1 is 1.25 bits per heavy atom. The molecule has 1 amide bonds. The van der Waals surface area contributed by atoms with Crippen molar-refractivity contribution in [3.63, 3.8) is 0 Å². The van der Waals surface area contributed by atoms with Crippen LogP contribution in [0, 0.1) is 6.92 Å². The van der Waals surface area contributed by atoms with Gasteiger partial charge in [0.25, 0.3) is 0 Å². The number of para-hydroxylation sites is 1. The Bertz CT molecular complexity index is 450. The summed E-state index contributed by atoms with van der Waals surface area (Å²) in [6.07, 6.45) is 5.21. The molecule has 110 valence electrons. The summed E-state index contributed by atoms with van der Waals surface area (Å²) in [7, 11) is 0. The van der Waals surface area contributed by atoms with Gasteiger partial charge in [-0.15, -0.1) is 0 Å². The van der Waals surface area contributed by atoms with E-state index < -0.39 is 0 Å². The molecule has 2 rings (SSSR count). The topological polar surface area (TPSA) is 32.3 Å². The third-order valence-electron chi connectivity index (χ3n) is 4.09. The van der Waals surface area contributed by atoms with Crippen LogP contribution in [0.2, 0.25) is 0 Å². The highest BCUT2D eigenvalue weighted by Gasteiger charge is 2.15. The Balaban J connectivity index is 1.85. The van der Waals surface area contributed by atoms with Gasteiger partial charge in [0.15, 0.2) is 0 Å². The zero-order valence-corrected chi connectivity index (χ0v) is 12.7. The fourth-order valence-corrected chi connectivity index (χ4v) is 2.87. The maximum atomic E-state index is 12.1. The van der Waals surface area contributed by atoms with Crippen LogP contribution < -0.4 is 5.32 Å². The molecule has 0 aromatic heterocycles. The Morgan fingerprint density at radius 3 is 2.70 bits per heavy atom. The molecule has 1 fully saturated rings. The lowest BCUT2D eigenvalue weighted by Gasteiger charge is -2.27. The van der Waals surface area contributed by atoms with Gasteiger partial charge >= 0.3 is 0 Å². The standard InChI is InChI=1S/C17H26N2O/c1-3-15-9-7-8-14(2)17(15)18-11-10-16(20)19-12-5-4-6-13-19/h7-9,18H,3-6,10-13H2,1-2H3. The van der Waals surface area contributed by atoms with E-state index in [4.69, 9.17) is 0 Å². The van der Waals surface area contributed by atoms with Gasteiger partial charge in [-0.1, -0.05) is 25.1 Å². The van der Waals surface area contributed by atoms with Crippen LogP contribution in [0.4, 0.5) is 5.69 Å². The predicted octanol–water partition coefficient (Wildman–Crippen LogP) is 3.37. The zero-order valence-electron chi connectivity index (χ0n) is 12.7. The molecule has 20 heavy (non-hydrogen) atoms. The molecule has 0 bridgehead atoms. The summed E-state index contributed by atoms with van der Waals surface area (Å²) >= 11 is 0. The summed E-state index contributed by atoms with van der Waals surface area (Å²) in [4.78, 5) is 14.1. The minimum absolute atomic E-state index is 0.295. The van der Waals surface area contributed by atoms with Crippen molar-refractivity contribution in [1.29, 1.82) is 0 Å². The smallest absolute Gasteiger partial charge is 0.224 e. The summed E-state index contributed by atoms with van der Waals surface area (Å²) in [6.45, 7) is 6.91. The number of rotatable bonds is 5. The molecular formula is C17H26N2O. The minimum atomic E-state index is 0.295. The number of nitrogens with one attached hydrogen (secondary N) is 1. The highest BCUT2D eigenvalue weighted by Crippen LogP contribution is 2.21. The van der Waals surface area contributed by atoms with Crippen LogP contribution >= 0.6 is 0 Å². The van der Waals surface area contributed by atoms with E-state index in [1.807, 2.05) is 4.90 Å². The van der Waals surface area contributed by atoms with Crippen LogP contribution in [-0.2, 0) is 11.2 Å². The number of benzene rings is 1. The molecule has 1 aliphatic heterocycles. The van der Waals surface area contributed by atoms with Gasteiger partial charge in [0.2, 0.25) is 5.91 Å². The minimum Gasteiger partial charge on any atom is -0.384 e. The van der Waals surface area contributed by atoms with E-state index in [0.717, 1.165) is 38.9 Å². The lowest BCUT2D eigenvalue weighted by atomic mass is 10.1. The summed E-state index contributed by atoms with van der Waals surface area (Å²) < 4.78 is 0. The highest BCUT2D eigenvalue weighted by molar-refractivity contribution is 5.77. The second-order valence-electron chi connectivity index (χ2n) is 5.58. The highest BCUT2D eigenvalue weighted by atomic mass is 16.2. The molecule has 1 N–H and O–H groups in total. The fourth-order valence-electron chi connectivity index (χ4n) is 2.87. The Hall–Kier alpha value is -1.51. The number of likely N-dealkylation sites (tertiary alicyclic amines) is 1. The number of amides is 1. The second-order valence-corrected chi connectivity index (χ2v) is 5.58. The van der Waals surface area contributed by atoms with Gasteiger partial charge in [-0.2, -0.15) is 0 Å². The number of aryl methyl sites for hydroxylation is 2. The number of carbonyl (C=O) groups is 1. The molecule has 0 radical (unpaired) electrons. The molecule has 1 aromatic carbocycles. The number of nitrogens with zero attached hydrogens (tertiary/aromatic N) is 1. The summed E-state index contributed by atoms with van der Waals surface area (Å²) in [5.74, 6) is 0.295. The first kappa shape index (κ1) is 14.9. The van der Waals surface area contributed by atoms with Crippen molar-refractivity contribution in [3.05, 3.63) is 29.3 Å². The molecule has 0 spiro atoms. The molecule has 0 atom stereocenters. The SMILES string of the molecule is CCc1cccc(C)c1NCCC(=O)N1CCCCC1. The fraction of sp³-hybridized carbons (Fsp3) is 0.588. The van der Waals surface area contributed by atoms with Crippen molar-refractivity contribution >= 4 is 11.6 Å². The number of piperidine rings is 1. The molecule has 1 aromatic rings. The van der Waals surface area contributed by atoms with E-state index in [1.54, 1.807) is 0 Å². The van der Waals surface area contributed by atoms with Gasteiger partial charge in [-0.05, 0) is 43.7 Å². The lowest BCUT2D eigenvalue weighted by molar-refractivity contribution is -0.131. The number of carbonyl (C=O) groups excluding carboxylic acids is 1. The maximum Gasteiger partial charge on any atom is 0.224 e. The van der Waals surface area contributed by atoms with E-state index >= 15 is 0 Å². The molecule has 1 saturated heterocycles. The maximum absolute atomic E-state index is 12.1. The predicted molar refractivity (Wildman–Crippen MR) is 84.1 cm³/mol. The van der Waals surface area contributed by atoms with Gasteiger partial charge in [0, 0.05) is 31.7 Å². The van der Waals surface area contributed by atoms with E-state index in [2.05, 4.69) is 37.4 Å². The van der Waals surface area contributed by atoms with E-state index in [1.165, 1.54) is 23.2 Å². The zero-order chi connectivity index (χ0) is 14.4. The van der Waals surface area contributed by atoms with Crippen LogP contribution in [-0.4, -0.2) is 30.4 Å². The van der Waals surface area contributed by atoms with Crippen molar-refractivity contribution in [2.75, 3.05) is 25.0 Å². The molecule has 3 nitrogen and oxygen atoms in total. The Morgan fingerprint density at radius 2 is 2.00 bits per heavy atom. The van der Waals surface area contributed by atoms with Crippen molar-refractivity contribution in [2.24, 2.45) is 0 Å². The van der Waals surface area contributed by atoms with E-state index in [0.29, 0.717) is 12.3 Å². The summed E-state index contributed by atoms with van der Waals surface area (Å²) in [5.41, 5.74) is 3.80. The van der Waals surface area contributed by atoms with Crippen molar-refractivity contribution in [3.8, 4) is 0 Å². The Kier molecular flexibility index (Phi) is 5.45. The molecule has 0 aliphatic carbocycles. The monoisotopic (exact) mass is 274 g/mol.